The molecule has 0 aromatic carbocycles. The van der Waals surface area contributed by atoms with Crippen molar-refractivity contribution in [2.75, 3.05) is 20.3 Å². The van der Waals surface area contributed by atoms with Crippen LogP contribution in [0.25, 0.3) is 0 Å². The Morgan fingerprint density at radius 2 is 2.08 bits per heavy atom. The molecule has 6 nitrogen and oxygen atoms in total. The topological polar surface area (TPSA) is 79.7 Å². The molecule has 1 aromatic rings. The van der Waals surface area contributed by atoms with E-state index in [-0.39, 0.29) is 11.4 Å². The van der Waals surface area contributed by atoms with Crippen molar-refractivity contribution in [3.8, 4) is 0 Å². The zero-order valence-corrected chi connectivity index (χ0v) is 14.6. The fourth-order valence-electron chi connectivity index (χ4n) is 2.74. The lowest BCUT2D eigenvalue weighted by Gasteiger charge is -2.28. The van der Waals surface area contributed by atoms with Gasteiger partial charge in [-0.1, -0.05) is 26.8 Å². The Labute approximate surface area is 142 Å². The number of rotatable bonds is 6. The second-order valence-corrected chi connectivity index (χ2v) is 6.84. The Morgan fingerprint density at radius 1 is 1.38 bits per heavy atom. The van der Waals surface area contributed by atoms with E-state index in [1.807, 2.05) is 0 Å². The fraction of sp³-hybridized carbons (Fsp3) is 0.500. The molecule has 0 aliphatic carbocycles. The summed E-state index contributed by atoms with van der Waals surface area (Å²) < 4.78 is 5.04. The van der Waals surface area contributed by atoms with Gasteiger partial charge in [0.25, 0.3) is 5.91 Å². The van der Waals surface area contributed by atoms with Gasteiger partial charge in [-0.05, 0) is 18.6 Å². The Balaban J connectivity index is 2.46. The van der Waals surface area contributed by atoms with Crippen LogP contribution in [-0.2, 0) is 14.3 Å². The molecule has 1 atom stereocenters. The lowest BCUT2D eigenvalue weighted by molar-refractivity contribution is -0.129. The molecule has 1 N–H and O–H groups in total. The van der Waals surface area contributed by atoms with Crippen LogP contribution >= 0.6 is 0 Å². The average molecular weight is 332 g/mol. The van der Waals surface area contributed by atoms with Gasteiger partial charge in [-0.3, -0.25) is 14.6 Å². The van der Waals surface area contributed by atoms with Crippen molar-refractivity contribution in [2.45, 2.75) is 33.2 Å². The van der Waals surface area contributed by atoms with Gasteiger partial charge in [-0.25, -0.2) is 0 Å². The molecule has 2 heterocycles. The summed E-state index contributed by atoms with van der Waals surface area (Å²) in [5.41, 5.74) is -0.0114. The SMILES string of the molecule is COCCCN1C(=O)C(O)=C(C(=O)C(C)(C)C)C1c1ccccn1. The summed E-state index contributed by atoms with van der Waals surface area (Å²) in [5, 5.41) is 10.4. The second-order valence-electron chi connectivity index (χ2n) is 6.84. The van der Waals surface area contributed by atoms with Gasteiger partial charge in [0.05, 0.1) is 11.3 Å². The smallest absolute Gasteiger partial charge is 0.290 e. The number of methoxy groups -OCH3 is 1. The van der Waals surface area contributed by atoms with Gasteiger partial charge >= 0.3 is 0 Å². The predicted octanol–water partition coefficient (Wildman–Crippen LogP) is 2.43. The summed E-state index contributed by atoms with van der Waals surface area (Å²) in [4.78, 5) is 31.2. The number of amides is 1. The molecule has 130 valence electrons. The molecule has 0 radical (unpaired) electrons. The van der Waals surface area contributed by atoms with Gasteiger partial charge in [0.1, 0.15) is 6.04 Å². The number of Topliss-reactive ketones (excluding diaryl/α,β-unsaturated/α-hetero) is 1. The van der Waals surface area contributed by atoms with E-state index in [1.165, 1.54) is 4.90 Å². The summed E-state index contributed by atoms with van der Waals surface area (Å²) in [5.74, 6) is -1.25. The van der Waals surface area contributed by atoms with Gasteiger partial charge < -0.3 is 14.7 Å². The molecule has 1 aliphatic rings. The van der Waals surface area contributed by atoms with Crippen molar-refractivity contribution >= 4 is 11.7 Å². The number of carbonyl (C=O) groups excluding carboxylic acids is 2. The molecule has 0 saturated carbocycles. The summed E-state index contributed by atoms with van der Waals surface area (Å²) in [7, 11) is 1.59. The maximum Gasteiger partial charge on any atom is 0.290 e. The lowest BCUT2D eigenvalue weighted by Crippen LogP contribution is -2.34. The number of carbonyl (C=O) groups is 2. The summed E-state index contributed by atoms with van der Waals surface area (Å²) >= 11 is 0. The van der Waals surface area contributed by atoms with Gasteiger partial charge in [0.15, 0.2) is 11.5 Å². The van der Waals surface area contributed by atoms with Crippen LogP contribution in [0.3, 0.4) is 0 Å². The Kier molecular flexibility index (Phi) is 5.39. The van der Waals surface area contributed by atoms with E-state index in [1.54, 1.807) is 52.3 Å². The van der Waals surface area contributed by atoms with Crippen LogP contribution in [0.2, 0.25) is 0 Å². The summed E-state index contributed by atoms with van der Waals surface area (Å²) in [6.07, 6.45) is 2.22. The molecule has 0 bridgehead atoms. The molecule has 24 heavy (non-hydrogen) atoms. The summed E-state index contributed by atoms with van der Waals surface area (Å²) in [6.45, 7) is 6.16. The molecule has 1 amide bonds. The van der Waals surface area contributed by atoms with Crippen LogP contribution in [0.15, 0.2) is 35.7 Å². The normalized spacial score (nSPS) is 18.4. The number of hydrogen-bond acceptors (Lipinski definition) is 5. The Bertz CT molecular complexity index is 647. The summed E-state index contributed by atoms with van der Waals surface area (Å²) in [6, 6.07) is 4.66. The van der Waals surface area contributed by atoms with Crippen molar-refractivity contribution in [2.24, 2.45) is 5.41 Å². The fourth-order valence-corrected chi connectivity index (χ4v) is 2.74. The predicted molar refractivity (Wildman–Crippen MR) is 89.3 cm³/mol. The number of hydrogen-bond donors (Lipinski definition) is 1. The first-order valence-electron chi connectivity index (χ1n) is 7.97. The zero-order valence-electron chi connectivity index (χ0n) is 14.6. The maximum atomic E-state index is 12.8. The third-order valence-corrected chi connectivity index (χ3v) is 3.94. The largest absolute Gasteiger partial charge is 0.503 e. The van der Waals surface area contributed by atoms with E-state index >= 15 is 0 Å². The minimum Gasteiger partial charge on any atom is -0.503 e. The van der Waals surface area contributed by atoms with Crippen LogP contribution in [0.5, 0.6) is 0 Å². The van der Waals surface area contributed by atoms with Crippen LogP contribution in [0, 0.1) is 5.41 Å². The Morgan fingerprint density at radius 3 is 2.62 bits per heavy atom. The molecule has 1 aromatic heterocycles. The van der Waals surface area contributed by atoms with Crippen LogP contribution in [0.1, 0.15) is 38.9 Å². The third kappa shape index (κ3) is 3.48. The minimum atomic E-state index is -0.709. The van der Waals surface area contributed by atoms with Crippen LogP contribution in [-0.4, -0.2) is 46.9 Å². The lowest BCUT2D eigenvalue weighted by atomic mass is 9.83. The first-order valence-corrected chi connectivity index (χ1v) is 7.97. The molecular weight excluding hydrogens is 308 g/mol. The van der Waals surface area contributed by atoms with E-state index in [9.17, 15) is 14.7 Å². The van der Waals surface area contributed by atoms with E-state index in [0.717, 1.165) is 0 Å². The highest BCUT2D eigenvalue weighted by Crippen LogP contribution is 2.40. The van der Waals surface area contributed by atoms with Crippen molar-refractivity contribution < 1.29 is 19.4 Å². The molecule has 0 saturated heterocycles. The van der Waals surface area contributed by atoms with E-state index < -0.39 is 23.1 Å². The van der Waals surface area contributed by atoms with E-state index in [4.69, 9.17) is 4.74 Å². The van der Waals surface area contributed by atoms with E-state index in [2.05, 4.69) is 4.98 Å². The highest BCUT2D eigenvalue weighted by molar-refractivity contribution is 6.10. The van der Waals surface area contributed by atoms with Crippen molar-refractivity contribution in [3.63, 3.8) is 0 Å². The van der Waals surface area contributed by atoms with Crippen molar-refractivity contribution in [3.05, 3.63) is 41.4 Å². The van der Waals surface area contributed by atoms with Gasteiger partial charge in [-0.15, -0.1) is 0 Å². The van der Waals surface area contributed by atoms with Crippen molar-refractivity contribution in [1.82, 2.24) is 9.88 Å². The minimum absolute atomic E-state index is 0.128. The van der Waals surface area contributed by atoms with Gasteiger partial charge in [0.2, 0.25) is 0 Å². The van der Waals surface area contributed by atoms with Gasteiger partial charge in [-0.2, -0.15) is 0 Å². The molecule has 0 spiro atoms. The molecule has 1 unspecified atom stereocenters. The molecule has 1 aliphatic heterocycles. The maximum absolute atomic E-state index is 12.8. The first kappa shape index (κ1) is 18.1. The highest BCUT2D eigenvalue weighted by atomic mass is 16.5. The molecule has 0 fully saturated rings. The highest BCUT2D eigenvalue weighted by Gasteiger charge is 2.46. The number of aliphatic hydroxyl groups is 1. The number of ketones is 1. The number of aromatic nitrogens is 1. The monoisotopic (exact) mass is 332 g/mol. The van der Waals surface area contributed by atoms with E-state index in [0.29, 0.717) is 25.3 Å². The zero-order chi connectivity index (χ0) is 17.9. The first-order chi connectivity index (χ1) is 11.3. The second kappa shape index (κ2) is 7.13. The number of nitrogens with zero attached hydrogens (tertiary/aromatic N) is 2. The quantitative estimate of drug-likeness (QED) is 0.809. The molecule has 2 rings (SSSR count). The Hall–Kier alpha value is -2.21. The van der Waals surface area contributed by atoms with Gasteiger partial charge in [0, 0.05) is 31.9 Å². The number of pyridine rings is 1. The standard InChI is InChI=1S/C18H24N2O4/c1-18(2,3)16(22)13-14(12-8-5-6-9-19-12)20(10-7-11-24-4)17(23)15(13)21/h5-6,8-9,14,21H,7,10-11H2,1-4H3. The van der Waals surface area contributed by atoms with Crippen LogP contribution < -0.4 is 0 Å². The molecular formula is C18H24N2O4. The molecule has 6 heteroatoms. The third-order valence-electron chi connectivity index (χ3n) is 3.94. The number of aliphatic hydroxyl groups excluding tert-OH is 1. The van der Waals surface area contributed by atoms with Crippen molar-refractivity contribution in [1.29, 1.82) is 0 Å². The average Bonchev–Trinajstić information content (AvgIpc) is 2.79. The number of ether oxygens (including phenoxy) is 1. The van der Waals surface area contributed by atoms with Crippen LogP contribution in [0.4, 0.5) is 0 Å².